The second-order valence-electron chi connectivity index (χ2n) is 5.58. The molecule has 1 N–H and O–H groups in total. The maximum atomic E-state index is 4.66. The summed E-state index contributed by atoms with van der Waals surface area (Å²) in [5.41, 5.74) is 1.20. The van der Waals surface area contributed by atoms with Gasteiger partial charge in [0, 0.05) is 17.3 Å². The van der Waals surface area contributed by atoms with Gasteiger partial charge in [0.15, 0.2) is 0 Å². The van der Waals surface area contributed by atoms with E-state index < -0.39 is 0 Å². The molecule has 2 nitrogen and oxygen atoms in total. The molecule has 18 heavy (non-hydrogen) atoms. The van der Waals surface area contributed by atoms with E-state index in [9.17, 15) is 0 Å². The van der Waals surface area contributed by atoms with Crippen molar-refractivity contribution in [2.24, 2.45) is 5.92 Å². The molecule has 0 amide bonds. The van der Waals surface area contributed by atoms with Gasteiger partial charge in [-0.05, 0) is 45.6 Å². The highest BCUT2D eigenvalue weighted by atomic mass is 32.1. The molecule has 0 aromatic carbocycles. The zero-order valence-electron chi connectivity index (χ0n) is 12.5. The average molecular weight is 268 g/mol. The van der Waals surface area contributed by atoms with Crippen molar-refractivity contribution in [3.05, 3.63) is 15.6 Å². The third kappa shape index (κ3) is 5.49. The summed E-state index contributed by atoms with van der Waals surface area (Å²) in [5, 5.41) is 4.96. The molecule has 0 fully saturated rings. The molecule has 1 aromatic rings. The lowest BCUT2D eigenvalue weighted by Crippen LogP contribution is -2.32. The van der Waals surface area contributed by atoms with E-state index in [1.807, 2.05) is 11.3 Å². The Morgan fingerprint density at radius 2 is 1.94 bits per heavy atom. The lowest BCUT2D eigenvalue weighted by atomic mass is 10.0. The Labute approximate surface area is 116 Å². The van der Waals surface area contributed by atoms with Crippen molar-refractivity contribution in [1.82, 2.24) is 10.3 Å². The van der Waals surface area contributed by atoms with Crippen LogP contribution in [0.1, 0.15) is 55.6 Å². The van der Waals surface area contributed by atoms with Crippen molar-refractivity contribution >= 4 is 11.3 Å². The van der Waals surface area contributed by atoms with Crippen molar-refractivity contribution in [2.45, 2.75) is 66.3 Å². The van der Waals surface area contributed by atoms with Crippen LogP contribution in [0.4, 0.5) is 0 Å². The Morgan fingerprint density at radius 1 is 1.22 bits per heavy atom. The molecule has 1 aromatic heterocycles. The lowest BCUT2D eigenvalue weighted by molar-refractivity contribution is 0.427. The van der Waals surface area contributed by atoms with Gasteiger partial charge in [0.05, 0.1) is 10.7 Å². The van der Waals surface area contributed by atoms with Gasteiger partial charge in [0.2, 0.25) is 0 Å². The highest BCUT2D eigenvalue weighted by molar-refractivity contribution is 7.11. The normalized spacial score (nSPS) is 13.2. The molecule has 0 aliphatic heterocycles. The van der Waals surface area contributed by atoms with Gasteiger partial charge < -0.3 is 5.32 Å². The summed E-state index contributed by atoms with van der Waals surface area (Å²) >= 11 is 1.86. The lowest BCUT2D eigenvalue weighted by Gasteiger charge is -2.18. The Bertz CT molecular complexity index is 325. The summed E-state index contributed by atoms with van der Waals surface area (Å²) in [6, 6.07) is 0.595. The van der Waals surface area contributed by atoms with E-state index in [4.69, 9.17) is 0 Å². The van der Waals surface area contributed by atoms with Crippen molar-refractivity contribution < 1.29 is 0 Å². The van der Waals surface area contributed by atoms with Crippen LogP contribution < -0.4 is 5.32 Å². The van der Waals surface area contributed by atoms with Crippen LogP contribution in [-0.2, 0) is 6.42 Å². The number of hydrogen-bond acceptors (Lipinski definition) is 3. The summed E-state index contributed by atoms with van der Waals surface area (Å²) < 4.78 is 0. The fourth-order valence-electron chi connectivity index (χ4n) is 2.00. The number of aromatic nitrogens is 1. The highest BCUT2D eigenvalue weighted by Gasteiger charge is 2.13. The first kappa shape index (κ1) is 15.6. The van der Waals surface area contributed by atoms with Crippen molar-refractivity contribution in [3.8, 4) is 0 Å². The zero-order valence-corrected chi connectivity index (χ0v) is 13.4. The summed E-state index contributed by atoms with van der Waals surface area (Å²) in [5.74, 6) is 0.788. The standard InChI is InChI=1S/C15H28N2S/c1-6-9-16-14(8-7-11(2)3)10-15-17-12(4)13(5)18-15/h11,14,16H,6-10H2,1-5H3. The first-order valence-corrected chi connectivity index (χ1v) is 8.00. The van der Waals surface area contributed by atoms with Gasteiger partial charge in [-0.2, -0.15) is 0 Å². The molecular formula is C15H28N2S. The predicted molar refractivity (Wildman–Crippen MR) is 81.4 cm³/mol. The van der Waals surface area contributed by atoms with E-state index in [0.29, 0.717) is 6.04 Å². The molecule has 1 unspecified atom stereocenters. The summed E-state index contributed by atoms with van der Waals surface area (Å²) in [4.78, 5) is 6.03. The Morgan fingerprint density at radius 3 is 2.44 bits per heavy atom. The largest absolute Gasteiger partial charge is 0.314 e. The number of nitrogens with one attached hydrogen (secondary N) is 1. The van der Waals surface area contributed by atoms with E-state index in [2.05, 4.69) is 44.9 Å². The monoisotopic (exact) mass is 268 g/mol. The minimum atomic E-state index is 0.595. The van der Waals surface area contributed by atoms with Crippen LogP contribution in [0.3, 0.4) is 0 Å². The smallest absolute Gasteiger partial charge is 0.0946 e. The quantitative estimate of drug-likeness (QED) is 0.767. The van der Waals surface area contributed by atoms with Gasteiger partial charge in [-0.1, -0.05) is 20.8 Å². The third-order valence-electron chi connectivity index (χ3n) is 3.27. The van der Waals surface area contributed by atoms with Crippen molar-refractivity contribution in [2.75, 3.05) is 6.54 Å². The first-order valence-electron chi connectivity index (χ1n) is 7.19. The summed E-state index contributed by atoms with van der Waals surface area (Å²) in [6.07, 6.45) is 4.85. The van der Waals surface area contributed by atoms with Gasteiger partial charge in [-0.15, -0.1) is 11.3 Å². The van der Waals surface area contributed by atoms with Crippen LogP contribution in [-0.4, -0.2) is 17.6 Å². The molecule has 0 aliphatic rings. The van der Waals surface area contributed by atoms with E-state index in [-0.39, 0.29) is 0 Å². The van der Waals surface area contributed by atoms with Gasteiger partial charge >= 0.3 is 0 Å². The molecular weight excluding hydrogens is 240 g/mol. The SMILES string of the molecule is CCCNC(CCC(C)C)Cc1nc(C)c(C)s1. The topological polar surface area (TPSA) is 24.9 Å². The van der Waals surface area contributed by atoms with E-state index >= 15 is 0 Å². The predicted octanol–water partition coefficient (Wildman–Crippen LogP) is 4.11. The number of rotatable bonds is 8. The molecule has 1 atom stereocenters. The van der Waals surface area contributed by atoms with Crippen LogP contribution in [0, 0.1) is 19.8 Å². The van der Waals surface area contributed by atoms with Gasteiger partial charge in [-0.3, -0.25) is 0 Å². The van der Waals surface area contributed by atoms with Crippen LogP contribution in [0.25, 0.3) is 0 Å². The van der Waals surface area contributed by atoms with E-state index in [1.165, 1.54) is 34.8 Å². The molecule has 3 heteroatoms. The Balaban J connectivity index is 2.53. The first-order chi connectivity index (χ1) is 8.52. The molecule has 0 spiro atoms. The zero-order chi connectivity index (χ0) is 13.5. The van der Waals surface area contributed by atoms with Crippen LogP contribution >= 0.6 is 11.3 Å². The second-order valence-corrected chi connectivity index (χ2v) is 6.86. The van der Waals surface area contributed by atoms with E-state index in [0.717, 1.165) is 18.9 Å². The van der Waals surface area contributed by atoms with Crippen LogP contribution in [0.5, 0.6) is 0 Å². The second kappa shape index (κ2) is 7.90. The summed E-state index contributed by atoms with van der Waals surface area (Å²) in [7, 11) is 0. The van der Waals surface area contributed by atoms with Gasteiger partial charge in [0.25, 0.3) is 0 Å². The molecule has 104 valence electrons. The molecule has 0 aliphatic carbocycles. The highest BCUT2D eigenvalue weighted by Crippen LogP contribution is 2.19. The maximum absolute atomic E-state index is 4.66. The fourth-order valence-corrected chi connectivity index (χ4v) is 3.01. The molecule has 0 saturated heterocycles. The maximum Gasteiger partial charge on any atom is 0.0946 e. The minimum absolute atomic E-state index is 0.595. The molecule has 0 radical (unpaired) electrons. The van der Waals surface area contributed by atoms with E-state index in [1.54, 1.807) is 0 Å². The van der Waals surface area contributed by atoms with Crippen LogP contribution in [0.2, 0.25) is 0 Å². The Kier molecular flexibility index (Phi) is 6.87. The molecule has 1 rings (SSSR count). The van der Waals surface area contributed by atoms with Gasteiger partial charge in [0.1, 0.15) is 0 Å². The third-order valence-corrected chi connectivity index (χ3v) is 4.36. The fraction of sp³-hybridized carbons (Fsp3) is 0.800. The van der Waals surface area contributed by atoms with Gasteiger partial charge in [-0.25, -0.2) is 4.98 Å². The number of hydrogen-bond donors (Lipinski definition) is 1. The molecule has 0 saturated carbocycles. The average Bonchev–Trinajstić information content (AvgIpc) is 2.61. The summed E-state index contributed by atoms with van der Waals surface area (Å²) in [6.45, 7) is 12.2. The number of thiazole rings is 1. The molecule has 0 bridgehead atoms. The van der Waals surface area contributed by atoms with Crippen LogP contribution in [0.15, 0.2) is 0 Å². The van der Waals surface area contributed by atoms with Crippen molar-refractivity contribution in [1.29, 1.82) is 0 Å². The minimum Gasteiger partial charge on any atom is -0.314 e. The van der Waals surface area contributed by atoms with Crippen molar-refractivity contribution in [3.63, 3.8) is 0 Å². The molecule has 1 heterocycles. The number of nitrogens with zero attached hydrogens (tertiary/aromatic N) is 1. The number of aryl methyl sites for hydroxylation is 2. The Hall–Kier alpha value is -0.410.